The van der Waals surface area contributed by atoms with Gasteiger partial charge in [-0.3, -0.25) is 0 Å². The van der Waals surface area contributed by atoms with Crippen LogP contribution in [0.5, 0.6) is 0 Å². The van der Waals surface area contributed by atoms with Crippen LogP contribution in [0.1, 0.15) is 65.2 Å². The molecule has 0 aromatic carbocycles. The average molecular weight is 468 g/mol. The van der Waals surface area contributed by atoms with Gasteiger partial charge in [-0.05, 0) is 31.6 Å². The second-order valence-electron chi connectivity index (χ2n) is 8.42. The summed E-state index contributed by atoms with van der Waals surface area (Å²) in [6.45, 7) is 4.03. The van der Waals surface area contributed by atoms with Crippen molar-refractivity contribution in [2.45, 2.75) is 71.0 Å². The van der Waals surface area contributed by atoms with E-state index in [1.807, 2.05) is 13.8 Å². The SMILES string of the molecule is CCCCC1C/C(C(=O)O)=C(/C(=O)O)C(C2(CCCC)OCCO2)C/C(C(=O)O)=C\1C(=O)O. The largest absolute Gasteiger partial charge is 0.478 e. The van der Waals surface area contributed by atoms with Crippen LogP contribution >= 0.6 is 0 Å². The Hall–Kier alpha value is -2.72. The molecule has 0 bridgehead atoms. The molecule has 33 heavy (non-hydrogen) atoms. The van der Waals surface area contributed by atoms with E-state index in [0.717, 1.165) is 0 Å². The molecule has 2 aliphatic rings. The lowest BCUT2D eigenvalue weighted by Crippen LogP contribution is -2.44. The van der Waals surface area contributed by atoms with Crippen LogP contribution in [-0.2, 0) is 28.7 Å². The number of hydrogen-bond acceptors (Lipinski definition) is 6. The van der Waals surface area contributed by atoms with Crippen molar-refractivity contribution in [3.8, 4) is 0 Å². The normalized spacial score (nSPS) is 27.6. The van der Waals surface area contributed by atoms with Gasteiger partial charge in [-0.15, -0.1) is 0 Å². The topological polar surface area (TPSA) is 168 Å². The third-order valence-electron chi connectivity index (χ3n) is 6.33. The van der Waals surface area contributed by atoms with Crippen LogP contribution in [0.25, 0.3) is 0 Å². The molecule has 0 radical (unpaired) electrons. The molecule has 0 amide bonds. The lowest BCUT2D eigenvalue weighted by atomic mass is 9.72. The summed E-state index contributed by atoms with van der Waals surface area (Å²) in [5.41, 5.74) is -1.74. The van der Waals surface area contributed by atoms with Gasteiger partial charge in [-0.1, -0.05) is 33.1 Å². The minimum Gasteiger partial charge on any atom is -0.478 e. The first-order chi connectivity index (χ1) is 15.6. The summed E-state index contributed by atoms with van der Waals surface area (Å²) in [5.74, 6) is -9.73. The lowest BCUT2D eigenvalue weighted by molar-refractivity contribution is -0.195. The van der Waals surface area contributed by atoms with E-state index in [-0.39, 0.29) is 31.6 Å². The predicted molar refractivity (Wildman–Crippen MR) is 114 cm³/mol. The minimum atomic E-state index is -1.55. The molecule has 0 saturated carbocycles. The molecule has 10 nitrogen and oxygen atoms in total. The molecule has 10 heteroatoms. The first-order valence-corrected chi connectivity index (χ1v) is 11.3. The summed E-state index contributed by atoms with van der Waals surface area (Å²) in [6.07, 6.45) is 1.97. The molecule has 184 valence electrons. The molecule has 1 fully saturated rings. The zero-order valence-electron chi connectivity index (χ0n) is 19.0. The second kappa shape index (κ2) is 11.4. The van der Waals surface area contributed by atoms with E-state index in [4.69, 9.17) is 9.47 Å². The number of carboxylic acids is 4. The molecular formula is C23H32O10. The first-order valence-electron chi connectivity index (χ1n) is 11.3. The fraction of sp³-hybridized carbons (Fsp3) is 0.652. The van der Waals surface area contributed by atoms with E-state index in [1.165, 1.54) is 0 Å². The third kappa shape index (κ3) is 5.80. The van der Waals surface area contributed by atoms with Crippen molar-refractivity contribution < 1.29 is 49.1 Å². The summed E-state index contributed by atoms with van der Waals surface area (Å²) in [6, 6.07) is 0. The smallest absolute Gasteiger partial charge is 0.332 e. The van der Waals surface area contributed by atoms with Crippen molar-refractivity contribution in [2.24, 2.45) is 11.8 Å². The van der Waals surface area contributed by atoms with Gasteiger partial charge in [0.15, 0.2) is 5.79 Å². The quantitative estimate of drug-likeness (QED) is 0.354. The lowest BCUT2D eigenvalue weighted by Gasteiger charge is -2.38. The van der Waals surface area contributed by atoms with Gasteiger partial charge in [0, 0.05) is 17.6 Å². The number of ether oxygens (including phenoxy) is 2. The standard InChI is InChI=1S/C23H32O10/c1-3-5-7-13-11-14(19(24)25)18(22(30)31)16(12-15(20(26)27)17(13)21(28)29)23(8-6-4-2)32-9-10-33-23/h13,16H,3-12H2,1-2H3,(H,24,25)(H,26,27)(H,28,29)(H,30,31)/b17-15-,18-14-. The summed E-state index contributed by atoms with van der Waals surface area (Å²) in [5, 5.41) is 39.9. The molecule has 4 N–H and O–H groups in total. The number of rotatable bonds is 11. The Morgan fingerprint density at radius 1 is 0.788 bits per heavy atom. The van der Waals surface area contributed by atoms with E-state index in [9.17, 15) is 39.6 Å². The summed E-state index contributed by atoms with van der Waals surface area (Å²) in [7, 11) is 0. The Kier molecular flexibility index (Phi) is 9.18. The molecule has 1 aliphatic carbocycles. The molecule has 0 spiro atoms. The van der Waals surface area contributed by atoms with Gasteiger partial charge < -0.3 is 29.9 Å². The molecule has 0 aromatic heterocycles. The van der Waals surface area contributed by atoms with Crippen LogP contribution in [0, 0.1) is 11.8 Å². The van der Waals surface area contributed by atoms with Gasteiger partial charge in [0.2, 0.25) is 0 Å². The second-order valence-corrected chi connectivity index (χ2v) is 8.42. The van der Waals surface area contributed by atoms with Crippen LogP contribution in [0.15, 0.2) is 22.3 Å². The first kappa shape index (κ1) is 26.5. The number of carbonyl (C=O) groups is 4. The maximum Gasteiger partial charge on any atom is 0.332 e. The van der Waals surface area contributed by atoms with Gasteiger partial charge in [0.1, 0.15) is 0 Å². The maximum atomic E-state index is 12.4. The van der Waals surface area contributed by atoms with Crippen LogP contribution < -0.4 is 0 Å². The highest BCUT2D eigenvalue weighted by molar-refractivity contribution is 6.02. The Bertz CT molecular complexity index is 847. The summed E-state index contributed by atoms with van der Waals surface area (Å²) in [4.78, 5) is 49.1. The molecule has 1 heterocycles. The van der Waals surface area contributed by atoms with Crippen LogP contribution in [-0.4, -0.2) is 63.3 Å². The maximum absolute atomic E-state index is 12.4. The van der Waals surface area contributed by atoms with Crippen LogP contribution in [0.3, 0.4) is 0 Å². The molecular weight excluding hydrogens is 436 g/mol. The van der Waals surface area contributed by atoms with E-state index < -0.39 is 71.1 Å². The average Bonchev–Trinajstić information content (AvgIpc) is 3.20. The van der Waals surface area contributed by atoms with Crippen molar-refractivity contribution in [1.82, 2.24) is 0 Å². The van der Waals surface area contributed by atoms with Crippen LogP contribution in [0.4, 0.5) is 0 Å². The zero-order chi connectivity index (χ0) is 24.8. The third-order valence-corrected chi connectivity index (χ3v) is 6.33. The van der Waals surface area contributed by atoms with Gasteiger partial charge in [0.05, 0.1) is 30.3 Å². The Balaban J connectivity index is 2.83. The van der Waals surface area contributed by atoms with E-state index in [1.54, 1.807) is 0 Å². The Labute approximate surface area is 191 Å². The number of aliphatic carboxylic acids is 4. The fourth-order valence-corrected chi connectivity index (χ4v) is 4.80. The van der Waals surface area contributed by atoms with E-state index in [2.05, 4.69) is 0 Å². The Morgan fingerprint density at radius 3 is 1.76 bits per heavy atom. The van der Waals surface area contributed by atoms with E-state index in [0.29, 0.717) is 25.7 Å². The van der Waals surface area contributed by atoms with Crippen LogP contribution in [0.2, 0.25) is 0 Å². The molecule has 2 atom stereocenters. The number of hydrogen-bond donors (Lipinski definition) is 4. The monoisotopic (exact) mass is 468 g/mol. The van der Waals surface area contributed by atoms with Crippen molar-refractivity contribution in [3.05, 3.63) is 22.3 Å². The van der Waals surface area contributed by atoms with Gasteiger partial charge in [0.25, 0.3) is 0 Å². The highest BCUT2D eigenvalue weighted by atomic mass is 16.7. The molecule has 1 aliphatic heterocycles. The number of carboxylic acid groups (broad SMARTS) is 4. The highest BCUT2D eigenvalue weighted by Gasteiger charge is 2.51. The van der Waals surface area contributed by atoms with Crippen molar-refractivity contribution >= 4 is 23.9 Å². The Morgan fingerprint density at radius 2 is 1.30 bits per heavy atom. The van der Waals surface area contributed by atoms with Crippen molar-refractivity contribution in [3.63, 3.8) is 0 Å². The van der Waals surface area contributed by atoms with Gasteiger partial charge in [-0.25, -0.2) is 19.2 Å². The van der Waals surface area contributed by atoms with Gasteiger partial charge >= 0.3 is 23.9 Å². The number of unbranched alkanes of at least 4 members (excludes halogenated alkanes) is 2. The predicted octanol–water partition coefficient (Wildman–Crippen LogP) is 3.07. The molecule has 1 saturated heterocycles. The van der Waals surface area contributed by atoms with Crippen molar-refractivity contribution in [1.29, 1.82) is 0 Å². The van der Waals surface area contributed by atoms with E-state index >= 15 is 0 Å². The van der Waals surface area contributed by atoms with Crippen molar-refractivity contribution in [2.75, 3.05) is 13.2 Å². The highest BCUT2D eigenvalue weighted by Crippen LogP contribution is 2.46. The zero-order valence-corrected chi connectivity index (χ0v) is 19.0. The summed E-state index contributed by atoms with van der Waals surface area (Å²) >= 11 is 0. The molecule has 0 aromatic rings. The fourth-order valence-electron chi connectivity index (χ4n) is 4.80. The van der Waals surface area contributed by atoms with Gasteiger partial charge in [-0.2, -0.15) is 0 Å². The molecule has 2 unspecified atom stereocenters. The minimum absolute atomic E-state index is 0.131. The summed E-state index contributed by atoms with van der Waals surface area (Å²) < 4.78 is 11.7. The molecule has 2 rings (SSSR count).